The van der Waals surface area contributed by atoms with Gasteiger partial charge >= 0.3 is 0 Å². The van der Waals surface area contributed by atoms with Gasteiger partial charge in [-0.15, -0.1) is 0 Å². The van der Waals surface area contributed by atoms with E-state index >= 15 is 0 Å². The number of aliphatic hydroxyl groups excluding tert-OH is 3. The molecule has 5 nitrogen and oxygen atoms in total. The number of rotatable bonds is 6. The Morgan fingerprint density at radius 3 is 2.37 bits per heavy atom. The van der Waals surface area contributed by atoms with E-state index in [1.165, 1.54) is 0 Å². The van der Waals surface area contributed by atoms with Crippen molar-refractivity contribution in [3.63, 3.8) is 0 Å². The van der Waals surface area contributed by atoms with E-state index in [9.17, 15) is 15.3 Å². The predicted molar refractivity (Wildman–Crippen MR) is 117 cm³/mol. The molecule has 30 heavy (non-hydrogen) atoms. The van der Waals surface area contributed by atoms with Gasteiger partial charge in [0.1, 0.15) is 11.9 Å². The quantitative estimate of drug-likeness (QED) is 0.639. The van der Waals surface area contributed by atoms with E-state index < -0.39 is 6.10 Å². The highest BCUT2D eigenvalue weighted by Gasteiger charge is 2.37. The normalized spacial score (nSPS) is 27.7. The number of aliphatic hydroxyl groups is 3. The molecule has 2 fully saturated rings. The summed E-state index contributed by atoms with van der Waals surface area (Å²) in [5.41, 5.74) is 3.04. The van der Waals surface area contributed by atoms with Crippen molar-refractivity contribution in [1.82, 2.24) is 0 Å². The maximum absolute atomic E-state index is 10.1. The summed E-state index contributed by atoms with van der Waals surface area (Å²) in [7, 11) is 0. The molecule has 4 rings (SSSR count). The van der Waals surface area contributed by atoms with Crippen LogP contribution in [-0.4, -0.2) is 46.3 Å². The second kappa shape index (κ2) is 10.6. The van der Waals surface area contributed by atoms with Gasteiger partial charge in [-0.3, -0.25) is 0 Å². The highest BCUT2D eigenvalue weighted by Crippen LogP contribution is 2.34. The third-order valence-electron chi connectivity index (χ3n) is 5.33. The summed E-state index contributed by atoms with van der Waals surface area (Å²) in [6.07, 6.45) is 0.834. The van der Waals surface area contributed by atoms with Crippen LogP contribution in [0.15, 0.2) is 42.5 Å². The Kier molecular flexibility index (Phi) is 8.14. The third kappa shape index (κ3) is 5.96. The van der Waals surface area contributed by atoms with Gasteiger partial charge in [-0.2, -0.15) is 0 Å². The summed E-state index contributed by atoms with van der Waals surface area (Å²) in [6.45, 7) is 3.90. The summed E-state index contributed by atoms with van der Waals surface area (Å²) in [5.74, 6) is 0.754. The molecule has 2 aromatic rings. The van der Waals surface area contributed by atoms with Crippen LogP contribution in [0.2, 0.25) is 5.02 Å². The number of halogens is 1. The van der Waals surface area contributed by atoms with Crippen molar-refractivity contribution in [1.29, 1.82) is 0 Å². The lowest BCUT2D eigenvalue weighted by atomic mass is 9.94. The van der Waals surface area contributed by atoms with Crippen LogP contribution < -0.4 is 4.74 Å². The minimum Gasteiger partial charge on any atom is -0.488 e. The van der Waals surface area contributed by atoms with E-state index in [0.717, 1.165) is 22.4 Å². The van der Waals surface area contributed by atoms with Crippen molar-refractivity contribution in [2.75, 3.05) is 6.61 Å². The van der Waals surface area contributed by atoms with Crippen molar-refractivity contribution in [3.8, 4) is 5.75 Å². The second-order valence-electron chi connectivity index (χ2n) is 7.69. The van der Waals surface area contributed by atoms with Gasteiger partial charge in [0.25, 0.3) is 0 Å². The van der Waals surface area contributed by atoms with Crippen molar-refractivity contribution in [3.05, 3.63) is 64.2 Å². The van der Waals surface area contributed by atoms with Crippen LogP contribution in [0.4, 0.5) is 0 Å². The molecule has 0 spiro atoms. The van der Waals surface area contributed by atoms with Gasteiger partial charge in [0.05, 0.1) is 31.0 Å². The first-order valence-corrected chi connectivity index (χ1v) is 11.1. The lowest BCUT2D eigenvalue weighted by Gasteiger charge is -2.32. The van der Waals surface area contributed by atoms with E-state index in [1.807, 2.05) is 56.3 Å². The Labute approximate surface area is 183 Å². The fourth-order valence-corrected chi connectivity index (χ4v) is 3.80. The number of hydrogen-bond acceptors (Lipinski definition) is 5. The Bertz CT molecular complexity index is 810. The van der Waals surface area contributed by atoms with Crippen LogP contribution in [0.25, 0.3) is 0 Å². The van der Waals surface area contributed by atoms with E-state index in [4.69, 9.17) is 21.1 Å². The first kappa shape index (κ1) is 23.0. The van der Waals surface area contributed by atoms with Gasteiger partial charge < -0.3 is 24.8 Å². The van der Waals surface area contributed by atoms with Crippen LogP contribution in [0.5, 0.6) is 5.75 Å². The van der Waals surface area contributed by atoms with Gasteiger partial charge in [-0.05, 0) is 41.3 Å². The van der Waals surface area contributed by atoms with Crippen LogP contribution in [0, 0.1) is 0 Å². The molecule has 164 valence electrons. The van der Waals surface area contributed by atoms with Gasteiger partial charge in [-0.1, -0.05) is 49.7 Å². The SMILES string of the molecule is CC.OC[C@@H]1C[C@H](O)C[C@H](c2ccc(Cl)c(Cc3ccc(OC4CC4O)cc3)c2)O1. The molecule has 0 amide bonds. The fraction of sp³-hybridized carbons (Fsp3) is 0.500. The minimum atomic E-state index is -0.479. The van der Waals surface area contributed by atoms with Gasteiger partial charge in [0.15, 0.2) is 0 Å². The molecule has 1 saturated carbocycles. The molecule has 2 unspecified atom stereocenters. The molecule has 6 heteroatoms. The molecular formula is C24H31ClO5. The van der Waals surface area contributed by atoms with Crippen LogP contribution >= 0.6 is 11.6 Å². The molecule has 1 heterocycles. The van der Waals surface area contributed by atoms with Crippen LogP contribution in [0.3, 0.4) is 0 Å². The molecule has 0 bridgehead atoms. The molecule has 1 aliphatic carbocycles. The van der Waals surface area contributed by atoms with Gasteiger partial charge in [0, 0.05) is 24.3 Å². The largest absolute Gasteiger partial charge is 0.488 e. The third-order valence-corrected chi connectivity index (χ3v) is 5.70. The zero-order valence-electron chi connectivity index (χ0n) is 17.5. The molecule has 1 saturated heterocycles. The zero-order valence-corrected chi connectivity index (χ0v) is 18.3. The summed E-state index contributed by atoms with van der Waals surface area (Å²) < 4.78 is 11.6. The second-order valence-corrected chi connectivity index (χ2v) is 8.09. The molecule has 5 atom stereocenters. The van der Waals surface area contributed by atoms with Crippen molar-refractivity contribution < 1.29 is 24.8 Å². The number of ether oxygens (including phenoxy) is 2. The Hall–Kier alpha value is -1.63. The molecule has 1 aliphatic heterocycles. The lowest BCUT2D eigenvalue weighted by molar-refractivity contribution is -0.113. The molecular weight excluding hydrogens is 404 g/mol. The highest BCUT2D eigenvalue weighted by molar-refractivity contribution is 6.31. The number of hydrogen-bond donors (Lipinski definition) is 3. The molecule has 2 aliphatic rings. The number of benzene rings is 2. The highest BCUT2D eigenvalue weighted by atomic mass is 35.5. The maximum Gasteiger partial charge on any atom is 0.127 e. The minimum absolute atomic E-state index is 0.0782. The van der Waals surface area contributed by atoms with E-state index in [0.29, 0.717) is 30.7 Å². The predicted octanol–water partition coefficient (Wildman–Crippen LogP) is 4.04. The lowest BCUT2D eigenvalue weighted by Crippen LogP contribution is -2.33. The summed E-state index contributed by atoms with van der Waals surface area (Å²) in [5, 5.41) is 29.5. The molecule has 0 radical (unpaired) electrons. The van der Waals surface area contributed by atoms with Crippen molar-refractivity contribution in [2.45, 2.75) is 70.1 Å². The van der Waals surface area contributed by atoms with E-state index in [2.05, 4.69) is 0 Å². The topological polar surface area (TPSA) is 79.2 Å². The summed E-state index contributed by atoms with van der Waals surface area (Å²) in [6, 6.07) is 13.6. The summed E-state index contributed by atoms with van der Waals surface area (Å²) >= 11 is 6.41. The van der Waals surface area contributed by atoms with Gasteiger partial charge in [-0.25, -0.2) is 0 Å². The molecule has 3 N–H and O–H groups in total. The standard InChI is InChI=1S/C22H25ClO5.C2H6/c23-19-6-3-14(21-10-16(25)9-18(12-24)28-21)8-15(19)7-13-1-4-17(5-2-13)27-22-11-20(22)26;1-2/h1-6,8,16,18,20-22,24-26H,7,9-12H2;1-2H3/t16-,18-,20?,21+,22?;/m0./s1. The Morgan fingerprint density at radius 2 is 1.73 bits per heavy atom. The van der Waals surface area contributed by atoms with Crippen LogP contribution in [0.1, 0.15) is 55.9 Å². The average Bonchev–Trinajstić information content (AvgIpc) is 3.46. The zero-order chi connectivity index (χ0) is 21.7. The van der Waals surface area contributed by atoms with Crippen molar-refractivity contribution in [2.24, 2.45) is 0 Å². The van der Waals surface area contributed by atoms with Gasteiger partial charge in [0.2, 0.25) is 0 Å². The first-order chi connectivity index (χ1) is 14.5. The van der Waals surface area contributed by atoms with E-state index in [-0.39, 0.29) is 31.0 Å². The summed E-state index contributed by atoms with van der Waals surface area (Å²) in [4.78, 5) is 0. The Morgan fingerprint density at radius 1 is 1.03 bits per heavy atom. The first-order valence-electron chi connectivity index (χ1n) is 10.7. The van der Waals surface area contributed by atoms with Crippen molar-refractivity contribution >= 4 is 11.6 Å². The smallest absolute Gasteiger partial charge is 0.127 e. The molecule has 2 aromatic carbocycles. The molecule has 0 aromatic heterocycles. The Balaban J connectivity index is 0.00000124. The monoisotopic (exact) mass is 434 g/mol. The average molecular weight is 435 g/mol. The van der Waals surface area contributed by atoms with Crippen LogP contribution in [-0.2, 0) is 11.2 Å². The maximum atomic E-state index is 10.1. The van der Waals surface area contributed by atoms with E-state index in [1.54, 1.807) is 0 Å². The fourth-order valence-electron chi connectivity index (χ4n) is 3.62.